The molecule has 2 aromatic heterocycles. The lowest BCUT2D eigenvalue weighted by Gasteiger charge is -2.30. The minimum atomic E-state index is -0.202. The van der Waals surface area contributed by atoms with E-state index < -0.39 is 0 Å². The van der Waals surface area contributed by atoms with Gasteiger partial charge in [-0.2, -0.15) is 5.10 Å². The van der Waals surface area contributed by atoms with Gasteiger partial charge in [0, 0.05) is 31.6 Å². The zero-order valence-electron chi connectivity index (χ0n) is 14.7. The number of fused-ring (bicyclic) bond motifs is 1. The molecule has 1 aliphatic heterocycles. The Kier molecular flexibility index (Phi) is 4.55. The molecule has 3 rings (SSSR count). The fourth-order valence-corrected chi connectivity index (χ4v) is 3.27. The van der Waals surface area contributed by atoms with Gasteiger partial charge in [-0.1, -0.05) is 0 Å². The normalized spacial score (nSPS) is 15.1. The van der Waals surface area contributed by atoms with E-state index in [9.17, 15) is 4.79 Å². The Morgan fingerprint density at radius 2 is 2.17 bits per heavy atom. The van der Waals surface area contributed by atoms with Crippen LogP contribution in [0.25, 0.3) is 0 Å². The van der Waals surface area contributed by atoms with E-state index in [1.807, 2.05) is 44.7 Å². The van der Waals surface area contributed by atoms with Gasteiger partial charge < -0.3 is 14.6 Å². The molecule has 6 heteroatoms. The van der Waals surface area contributed by atoms with Crippen LogP contribution in [0.3, 0.4) is 0 Å². The summed E-state index contributed by atoms with van der Waals surface area (Å²) >= 11 is 0. The van der Waals surface area contributed by atoms with Crippen molar-refractivity contribution in [2.45, 2.75) is 46.6 Å². The summed E-state index contributed by atoms with van der Waals surface area (Å²) in [6.07, 6.45) is 0.747. The Labute approximate surface area is 142 Å². The lowest BCUT2D eigenvalue weighted by atomic mass is 9.98. The number of aromatic nitrogens is 2. The third-order valence-corrected chi connectivity index (χ3v) is 4.53. The fraction of sp³-hybridized carbons (Fsp3) is 0.500. The molecule has 128 valence electrons. The van der Waals surface area contributed by atoms with E-state index in [1.165, 1.54) is 0 Å². The first-order chi connectivity index (χ1) is 11.5. The fourth-order valence-electron chi connectivity index (χ4n) is 3.27. The maximum absolute atomic E-state index is 12.9. The number of hydrogen-bond acceptors (Lipinski definition) is 5. The lowest BCUT2D eigenvalue weighted by Crippen LogP contribution is -2.39. The van der Waals surface area contributed by atoms with Gasteiger partial charge in [0.05, 0.1) is 11.6 Å². The molecule has 1 atom stereocenters. The minimum Gasteiger partial charge on any atom is -0.466 e. The predicted molar refractivity (Wildman–Crippen MR) is 91.9 cm³/mol. The number of amides is 1. The van der Waals surface area contributed by atoms with E-state index in [0.29, 0.717) is 13.1 Å². The van der Waals surface area contributed by atoms with Crippen LogP contribution in [0.15, 0.2) is 16.5 Å². The van der Waals surface area contributed by atoms with Crippen molar-refractivity contribution >= 4 is 11.7 Å². The molecule has 0 spiro atoms. The molecule has 3 heterocycles. The van der Waals surface area contributed by atoms with Crippen LogP contribution < -0.4 is 5.32 Å². The van der Waals surface area contributed by atoms with Crippen molar-refractivity contribution in [3.05, 3.63) is 40.5 Å². The number of carbonyl (C=O) groups excluding carboxylic acids is 1. The van der Waals surface area contributed by atoms with Gasteiger partial charge >= 0.3 is 0 Å². The average molecular weight is 328 g/mol. The summed E-state index contributed by atoms with van der Waals surface area (Å²) in [5.74, 6) is 2.36. The monoisotopic (exact) mass is 328 g/mol. The number of rotatable bonds is 4. The summed E-state index contributed by atoms with van der Waals surface area (Å²) in [5.41, 5.74) is 3.04. The number of nitrogens with one attached hydrogen (secondary N) is 1. The Hall–Kier alpha value is -2.37. The molecule has 0 fully saturated rings. The molecule has 1 N–H and O–H groups in total. The third-order valence-electron chi connectivity index (χ3n) is 4.53. The van der Waals surface area contributed by atoms with Crippen LogP contribution in [-0.2, 0) is 17.8 Å². The number of hydrogen-bond donors (Lipinski definition) is 1. The summed E-state index contributed by atoms with van der Waals surface area (Å²) in [5, 5.41) is 11.6. The lowest BCUT2D eigenvalue weighted by molar-refractivity contribution is -0.133. The molecule has 1 aliphatic rings. The van der Waals surface area contributed by atoms with Crippen molar-refractivity contribution in [3.63, 3.8) is 0 Å². The molecular weight excluding hydrogens is 304 g/mol. The van der Waals surface area contributed by atoms with Crippen LogP contribution in [0.1, 0.15) is 48.1 Å². The van der Waals surface area contributed by atoms with Crippen molar-refractivity contribution in [1.82, 2.24) is 15.1 Å². The zero-order valence-corrected chi connectivity index (χ0v) is 14.7. The SMILES string of the molecule is CCNc1cc2c(nn1)CCN(C(=O)C(C)c1cc(C)oc1C)C2. The van der Waals surface area contributed by atoms with Crippen molar-refractivity contribution < 1.29 is 9.21 Å². The standard InChI is InChI=1S/C18H24N4O2/c1-5-19-17-9-14-10-22(7-6-16(14)20-21-17)18(23)12(3)15-8-11(2)24-13(15)4/h8-9,12H,5-7,10H2,1-4H3,(H,19,21). The summed E-state index contributed by atoms with van der Waals surface area (Å²) in [4.78, 5) is 14.8. The number of aryl methyl sites for hydroxylation is 2. The molecule has 1 unspecified atom stereocenters. The van der Waals surface area contributed by atoms with Crippen molar-refractivity contribution in [2.75, 3.05) is 18.4 Å². The number of carbonyl (C=O) groups is 1. The van der Waals surface area contributed by atoms with E-state index in [2.05, 4.69) is 15.5 Å². The highest BCUT2D eigenvalue weighted by molar-refractivity contribution is 5.83. The Morgan fingerprint density at radius 3 is 2.83 bits per heavy atom. The summed E-state index contributed by atoms with van der Waals surface area (Å²) in [6.45, 7) is 9.86. The second kappa shape index (κ2) is 6.63. The summed E-state index contributed by atoms with van der Waals surface area (Å²) < 4.78 is 5.57. The second-order valence-corrected chi connectivity index (χ2v) is 6.33. The minimum absolute atomic E-state index is 0.131. The first kappa shape index (κ1) is 16.5. The van der Waals surface area contributed by atoms with Gasteiger partial charge in [0.15, 0.2) is 0 Å². The van der Waals surface area contributed by atoms with Crippen LogP contribution in [0.2, 0.25) is 0 Å². The molecule has 0 saturated carbocycles. The topological polar surface area (TPSA) is 71.3 Å². The average Bonchev–Trinajstić information content (AvgIpc) is 2.91. The first-order valence-corrected chi connectivity index (χ1v) is 8.44. The van der Waals surface area contributed by atoms with E-state index in [4.69, 9.17) is 4.42 Å². The second-order valence-electron chi connectivity index (χ2n) is 6.33. The first-order valence-electron chi connectivity index (χ1n) is 8.44. The van der Waals surface area contributed by atoms with E-state index in [1.54, 1.807) is 0 Å². The van der Waals surface area contributed by atoms with Crippen LogP contribution in [0, 0.1) is 13.8 Å². The van der Waals surface area contributed by atoms with E-state index in [0.717, 1.165) is 47.1 Å². The molecule has 6 nitrogen and oxygen atoms in total. The zero-order chi connectivity index (χ0) is 17.3. The molecule has 0 saturated heterocycles. The highest BCUT2D eigenvalue weighted by Crippen LogP contribution is 2.27. The molecule has 0 aromatic carbocycles. The highest BCUT2D eigenvalue weighted by Gasteiger charge is 2.28. The quantitative estimate of drug-likeness (QED) is 0.934. The largest absolute Gasteiger partial charge is 0.466 e. The number of furan rings is 1. The van der Waals surface area contributed by atoms with Crippen LogP contribution in [-0.4, -0.2) is 34.1 Å². The van der Waals surface area contributed by atoms with Crippen LogP contribution in [0.4, 0.5) is 5.82 Å². The van der Waals surface area contributed by atoms with Crippen molar-refractivity contribution in [3.8, 4) is 0 Å². The Bertz CT molecular complexity index is 753. The van der Waals surface area contributed by atoms with Gasteiger partial charge in [-0.25, -0.2) is 0 Å². The summed E-state index contributed by atoms with van der Waals surface area (Å²) in [7, 11) is 0. The smallest absolute Gasteiger partial charge is 0.230 e. The van der Waals surface area contributed by atoms with Gasteiger partial charge in [0.1, 0.15) is 17.3 Å². The molecule has 1 amide bonds. The Balaban J connectivity index is 1.77. The number of anilines is 1. The molecular formula is C18H24N4O2. The highest BCUT2D eigenvalue weighted by atomic mass is 16.3. The maximum atomic E-state index is 12.9. The van der Waals surface area contributed by atoms with Crippen LogP contribution >= 0.6 is 0 Å². The summed E-state index contributed by atoms with van der Waals surface area (Å²) in [6, 6.07) is 3.97. The van der Waals surface area contributed by atoms with Gasteiger partial charge in [0.2, 0.25) is 5.91 Å². The number of nitrogens with zero attached hydrogens (tertiary/aromatic N) is 3. The molecule has 2 aromatic rings. The van der Waals surface area contributed by atoms with E-state index in [-0.39, 0.29) is 11.8 Å². The van der Waals surface area contributed by atoms with Gasteiger partial charge in [-0.3, -0.25) is 4.79 Å². The molecule has 24 heavy (non-hydrogen) atoms. The van der Waals surface area contributed by atoms with Crippen molar-refractivity contribution in [2.24, 2.45) is 0 Å². The molecule has 0 aliphatic carbocycles. The predicted octanol–water partition coefficient (Wildman–Crippen LogP) is 2.81. The van der Waals surface area contributed by atoms with Gasteiger partial charge in [0.25, 0.3) is 0 Å². The van der Waals surface area contributed by atoms with Crippen molar-refractivity contribution in [1.29, 1.82) is 0 Å². The Morgan fingerprint density at radius 1 is 1.38 bits per heavy atom. The van der Waals surface area contributed by atoms with Gasteiger partial charge in [-0.15, -0.1) is 5.10 Å². The maximum Gasteiger partial charge on any atom is 0.230 e. The molecule has 0 radical (unpaired) electrons. The third kappa shape index (κ3) is 3.13. The van der Waals surface area contributed by atoms with Crippen LogP contribution in [0.5, 0.6) is 0 Å². The molecule has 0 bridgehead atoms. The van der Waals surface area contributed by atoms with E-state index >= 15 is 0 Å². The van der Waals surface area contributed by atoms with Gasteiger partial charge in [-0.05, 0) is 45.4 Å².